The fraction of sp³-hybridized carbons (Fsp3) is 0.571. The van der Waals surface area contributed by atoms with Gasteiger partial charge in [0.15, 0.2) is 0 Å². The lowest BCUT2D eigenvalue weighted by atomic mass is 9.90. The summed E-state index contributed by atoms with van der Waals surface area (Å²) in [5.74, 6) is -0.291. The SMILES string of the molecule is CCc1cc(C(=O)N2CC[C@](C)(O)[C@H](O)C2)cc(=O)[nH]1. The second-order valence-electron chi connectivity index (χ2n) is 5.49. The molecule has 0 spiro atoms. The van der Waals surface area contributed by atoms with Gasteiger partial charge in [0, 0.05) is 30.4 Å². The van der Waals surface area contributed by atoms with Crippen molar-refractivity contribution in [1.82, 2.24) is 9.88 Å². The van der Waals surface area contributed by atoms with Gasteiger partial charge in [-0.1, -0.05) is 6.92 Å². The van der Waals surface area contributed by atoms with Gasteiger partial charge in [-0.05, 0) is 25.8 Å². The molecule has 1 amide bonds. The third kappa shape index (κ3) is 2.91. The van der Waals surface area contributed by atoms with E-state index < -0.39 is 11.7 Å². The van der Waals surface area contributed by atoms with Crippen molar-refractivity contribution in [3.63, 3.8) is 0 Å². The number of aliphatic hydroxyl groups excluding tert-OH is 1. The third-order valence-electron chi connectivity index (χ3n) is 3.81. The molecule has 0 unspecified atom stereocenters. The number of aromatic nitrogens is 1. The van der Waals surface area contributed by atoms with E-state index in [4.69, 9.17) is 0 Å². The molecule has 20 heavy (non-hydrogen) atoms. The van der Waals surface area contributed by atoms with Gasteiger partial charge in [0.05, 0.1) is 11.7 Å². The number of amides is 1. The monoisotopic (exact) mass is 280 g/mol. The van der Waals surface area contributed by atoms with Crippen LogP contribution in [0, 0.1) is 0 Å². The predicted octanol–water partition coefficient (Wildman–Crippen LogP) is -0.105. The Kier molecular flexibility index (Phi) is 3.96. The van der Waals surface area contributed by atoms with Crippen molar-refractivity contribution in [2.75, 3.05) is 13.1 Å². The molecule has 6 nitrogen and oxygen atoms in total. The highest BCUT2D eigenvalue weighted by atomic mass is 16.3. The van der Waals surface area contributed by atoms with Crippen LogP contribution in [-0.4, -0.2) is 50.8 Å². The number of nitrogens with zero attached hydrogens (tertiary/aromatic N) is 1. The number of aromatic amines is 1. The summed E-state index contributed by atoms with van der Waals surface area (Å²) in [7, 11) is 0. The fourth-order valence-corrected chi connectivity index (χ4v) is 2.31. The summed E-state index contributed by atoms with van der Waals surface area (Å²) >= 11 is 0. The van der Waals surface area contributed by atoms with E-state index in [9.17, 15) is 19.8 Å². The molecule has 2 rings (SSSR count). The molecule has 0 aromatic carbocycles. The molecule has 0 bridgehead atoms. The first-order chi connectivity index (χ1) is 9.33. The van der Waals surface area contributed by atoms with Crippen LogP contribution in [0.1, 0.15) is 36.3 Å². The Labute approximate surface area is 117 Å². The number of hydrogen-bond acceptors (Lipinski definition) is 4. The number of carbonyl (C=O) groups is 1. The van der Waals surface area contributed by atoms with E-state index in [-0.39, 0.29) is 18.0 Å². The molecule has 1 aromatic heterocycles. The van der Waals surface area contributed by atoms with Gasteiger partial charge in [0.25, 0.3) is 5.91 Å². The lowest BCUT2D eigenvalue weighted by Crippen LogP contribution is -2.55. The van der Waals surface area contributed by atoms with Crippen molar-refractivity contribution in [2.24, 2.45) is 0 Å². The Morgan fingerprint density at radius 2 is 2.25 bits per heavy atom. The summed E-state index contributed by atoms with van der Waals surface area (Å²) in [5.41, 5.74) is -0.457. The van der Waals surface area contributed by atoms with Crippen molar-refractivity contribution in [2.45, 2.75) is 38.4 Å². The number of H-pyrrole nitrogens is 1. The normalized spacial score (nSPS) is 26.6. The average Bonchev–Trinajstić information content (AvgIpc) is 2.40. The standard InChI is InChI=1S/C14H20N2O4/c1-3-10-6-9(7-12(18)15-10)13(19)16-5-4-14(2,20)11(17)8-16/h6-7,11,17,20H,3-5,8H2,1-2H3,(H,15,18)/t11-,14+/m1/s1. The van der Waals surface area contributed by atoms with E-state index in [1.165, 1.54) is 11.0 Å². The molecule has 1 fully saturated rings. The average molecular weight is 280 g/mol. The van der Waals surface area contributed by atoms with Crippen molar-refractivity contribution in [3.05, 3.63) is 33.7 Å². The first-order valence-corrected chi connectivity index (χ1v) is 6.76. The minimum Gasteiger partial charge on any atom is -0.388 e. The molecule has 1 aromatic rings. The number of pyridine rings is 1. The fourth-order valence-electron chi connectivity index (χ4n) is 2.31. The van der Waals surface area contributed by atoms with Crippen molar-refractivity contribution in [3.8, 4) is 0 Å². The maximum atomic E-state index is 12.4. The van der Waals surface area contributed by atoms with Crippen LogP contribution in [0.2, 0.25) is 0 Å². The highest BCUT2D eigenvalue weighted by Crippen LogP contribution is 2.23. The van der Waals surface area contributed by atoms with Crippen LogP contribution in [0.15, 0.2) is 16.9 Å². The first-order valence-electron chi connectivity index (χ1n) is 6.76. The number of aliphatic hydroxyl groups is 2. The van der Waals surface area contributed by atoms with E-state index in [2.05, 4.69) is 4.98 Å². The molecular weight excluding hydrogens is 260 g/mol. The molecule has 0 aliphatic carbocycles. The lowest BCUT2D eigenvalue weighted by Gasteiger charge is -2.39. The van der Waals surface area contributed by atoms with Gasteiger partial charge >= 0.3 is 0 Å². The van der Waals surface area contributed by atoms with E-state index >= 15 is 0 Å². The van der Waals surface area contributed by atoms with Gasteiger partial charge in [-0.2, -0.15) is 0 Å². The van der Waals surface area contributed by atoms with Crippen LogP contribution < -0.4 is 5.56 Å². The highest BCUT2D eigenvalue weighted by Gasteiger charge is 2.38. The van der Waals surface area contributed by atoms with Gasteiger partial charge < -0.3 is 20.1 Å². The molecule has 110 valence electrons. The van der Waals surface area contributed by atoms with E-state index in [0.717, 1.165) is 0 Å². The van der Waals surface area contributed by atoms with Gasteiger partial charge in [0.2, 0.25) is 5.56 Å². The molecule has 6 heteroatoms. The Bertz CT molecular complexity index is 565. The molecule has 1 saturated heterocycles. The first kappa shape index (κ1) is 14.7. The quantitative estimate of drug-likeness (QED) is 0.705. The largest absolute Gasteiger partial charge is 0.388 e. The van der Waals surface area contributed by atoms with Gasteiger partial charge in [0.1, 0.15) is 0 Å². The molecule has 1 aliphatic heterocycles. The topological polar surface area (TPSA) is 93.6 Å². The second kappa shape index (κ2) is 5.38. The van der Waals surface area contributed by atoms with E-state index in [1.807, 2.05) is 6.92 Å². The Hall–Kier alpha value is -1.66. The number of likely N-dealkylation sites (tertiary alicyclic amines) is 1. The third-order valence-corrected chi connectivity index (χ3v) is 3.81. The molecule has 1 aliphatic rings. The smallest absolute Gasteiger partial charge is 0.254 e. The van der Waals surface area contributed by atoms with Crippen LogP contribution in [0.5, 0.6) is 0 Å². The number of hydrogen-bond donors (Lipinski definition) is 3. The van der Waals surface area contributed by atoms with Gasteiger partial charge in [-0.3, -0.25) is 9.59 Å². The number of nitrogens with one attached hydrogen (secondary N) is 1. The maximum Gasteiger partial charge on any atom is 0.254 e. The zero-order valence-electron chi connectivity index (χ0n) is 11.7. The number of piperidine rings is 1. The number of carbonyl (C=O) groups excluding carboxylic acids is 1. The van der Waals surface area contributed by atoms with Crippen LogP contribution in [0.3, 0.4) is 0 Å². The summed E-state index contributed by atoms with van der Waals surface area (Å²) in [6.07, 6.45) is -0.0370. The Balaban J connectivity index is 2.20. The van der Waals surface area contributed by atoms with Gasteiger partial charge in [-0.15, -0.1) is 0 Å². The molecule has 2 atom stereocenters. The minimum atomic E-state index is -1.17. The summed E-state index contributed by atoms with van der Waals surface area (Å²) in [6.45, 7) is 3.88. The Morgan fingerprint density at radius 1 is 1.55 bits per heavy atom. The molecule has 3 N–H and O–H groups in total. The molecular formula is C14H20N2O4. The summed E-state index contributed by atoms with van der Waals surface area (Å²) in [6, 6.07) is 2.92. The van der Waals surface area contributed by atoms with Crippen molar-refractivity contribution >= 4 is 5.91 Å². The minimum absolute atomic E-state index is 0.0695. The van der Waals surface area contributed by atoms with Crippen LogP contribution in [0.25, 0.3) is 0 Å². The van der Waals surface area contributed by atoms with Crippen LogP contribution in [0.4, 0.5) is 0 Å². The summed E-state index contributed by atoms with van der Waals surface area (Å²) in [5, 5.41) is 19.7. The number of rotatable bonds is 2. The maximum absolute atomic E-state index is 12.4. The van der Waals surface area contributed by atoms with E-state index in [0.29, 0.717) is 30.6 Å². The zero-order valence-corrected chi connectivity index (χ0v) is 11.7. The van der Waals surface area contributed by atoms with E-state index in [1.54, 1.807) is 13.0 Å². The van der Waals surface area contributed by atoms with Crippen molar-refractivity contribution < 1.29 is 15.0 Å². The predicted molar refractivity (Wildman–Crippen MR) is 73.6 cm³/mol. The number of aryl methyl sites for hydroxylation is 1. The second-order valence-corrected chi connectivity index (χ2v) is 5.49. The Morgan fingerprint density at radius 3 is 2.85 bits per heavy atom. The van der Waals surface area contributed by atoms with Gasteiger partial charge in [-0.25, -0.2) is 0 Å². The molecule has 0 saturated carbocycles. The van der Waals surface area contributed by atoms with Crippen LogP contribution in [-0.2, 0) is 6.42 Å². The van der Waals surface area contributed by atoms with Crippen molar-refractivity contribution in [1.29, 1.82) is 0 Å². The number of β-amino-alcohol motifs (C(OH)–C–C–N with tert-alkyl or cyclic N) is 1. The summed E-state index contributed by atoms with van der Waals surface area (Å²) in [4.78, 5) is 28.0. The van der Waals surface area contributed by atoms with Crippen LogP contribution >= 0.6 is 0 Å². The molecule has 2 heterocycles. The lowest BCUT2D eigenvalue weighted by molar-refractivity contribution is -0.0999. The summed E-state index contributed by atoms with van der Waals surface area (Å²) < 4.78 is 0. The molecule has 0 radical (unpaired) electrons. The zero-order chi connectivity index (χ0) is 14.9. The highest BCUT2D eigenvalue weighted by molar-refractivity contribution is 5.94.